The van der Waals surface area contributed by atoms with Gasteiger partial charge in [-0.15, -0.1) is 0 Å². The minimum Gasteiger partial charge on any atom is -0.495 e. The van der Waals surface area contributed by atoms with Crippen LogP contribution in [0.5, 0.6) is 5.75 Å². The fourth-order valence-corrected chi connectivity index (χ4v) is 2.85. The summed E-state index contributed by atoms with van der Waals surface area (Å²) in [6.45, 7) is 1.81. The molecule has 0 aliphatic heterocycles. The Bertz CT molecular complexity index is 1100. The third kappa shape index (κ3) is 2.95. The number of methoxy groups -OCH3 is 1. The van der Waals surface area contributed by atoms with Gasteiger partial charge in [0.15, 0.2) is 5.82 Å². The maximum absolute atomic E-state index is 12.1. The molecular weight excluding hydrogens is 334 g/mol. The lowest BCUT2D eigenvalue weighted by Crippen LogP contribution is -2.22. The lowest BCUT2D eigenvalue weighted by Gasteiger charge is -2.11. The van der Waals surface area contributed by atoms with Crippen molar-refractivity contribution in [1.29, 1.82) is 0 Å². The largest absolute Gasteiger partial charge is 0.495 e. The summed E-state index contributed by atoms with van der Waals surface area (Å²) >= 11 is 0. The van der Waals surface area contributed by atoms with Gasteiger partial charge >= 0.3 is 0 Å². The number of hydrogen-bond acceptors (Lipinski definition) is 6. The minimum absolute atomic E-state index is 0.0496. The van der Waals surface area contributed by atoms with Gasteiger partial charge in [-0.2, -0.15) is 0 Å². The number of carbonyl (C=O) groups is 1. The zero-order chi connectivity index (χ0) is 18.1. The number of aryl methyl sites for hydroxylation is 1. The zero-order valence-electron chi connectivity index (χ0n) is 14.3. The van der Waals surface area contributed by atoms with E-state index >= 15 is 0 Å². The number of amides is 1. The van der Waals surface area contributed by atoms with Gasteiger partial charge in [0.2, 0.25) is 5.91 Å². The molecule has 0 saturated heterocycles. The number of ether oxygens (including phenoxy) is 1. The van der Waals surface area contributed by atoms with E-state index in [0.717, 1.165) is 21.9 Å². The number of carbonyl (C=O) groups excluding carboxylic acids is 1. The number of para-hydroxylation sites is 1. The van der Waals surface area contributed by atoms with E-state index in [0.29, 0.717) is 23.0 Å². The first-order valence-electron chi connectivity index (χ1n) is 8.10. The van der Waals surface area contributed by atoms with Gasteiger partial charge < -0.3 is 24.3 Å². The van der Waals surface area contributed by atoms with Crippen molar-refractivity contribution in [2.45, 2.75) is 6.92 Å². The van der Waals surface area contributed by atoms with Gasteiger partial charge in [-0.05, 0) is 19.1 Å². The number of anilines is 2. The Hall–Kier alpha value is -3.48. The van der Waals surface area contributed by atoms with Gasteiger partial charge in [0.1, 0.15) is 22.7 Å². The van der Waals surface area contributed by atoms with E-state index in [1.807, 2.05) is 36.4 Å². The topological polar surface area (TPSA) is 89.5 Å². The summed E-state index contributed by atoms with van der Waals surface area (Å²) in [4.78, 5) is 12.1. The Balaban J connectivity index is 1.57. The average Bonchev–Trinajstić information content (AvgIpc) is 3.21. The van der Waals surface area contributed by atoms with Crippen molar-refractivity contribution >= 4 is 39.4 Å². The minimum atomic E-state index is -0.245. The number of rotatable bonds is 5. The summed E-state index contributed by atoms with van der Waals surface area (Å²) in [5.74, 6) is 1.40. The van der Waals surface area contributed by atoms with Gasteiger partial charge in [-0.25, -0.2) is 0 Å². The van der Waals surface area contributed by atoms with Crippen LogP contribution in [0, 0.1) is 6.92 Å². The van der Waals surface area contributed by atoms with Crippen LogP contribution < -0.4 is 15.4 Å². The highest BCUT2D eigenvalue weighted by molar-refractivity contribution is 6.06. The molecule has 2 N–H and O–H groups in total. The summed E-state index contributed by atoms with van der Waals surface area (Å²) < 4.78 is 16.3. The van der Waals surface area contributed by atoms with Crippen LogP contribution >= 0.6 is 0 Å². The van der Waals surface area contributed by atoms with Crippen LogP contribution in [0.3, 0.4) is 0 Å². The van der Waals surface area contributed by atoms with Gasteiger partial charge in [-0.3, -0.25) is 4.79 Å². The monoisotopic (exact) mass is 351 g/mol. The van der Waals surface area contributed by atoms with Crippen molar-refractivity contribution in [1.82, 2.24) is 5.16 Å². The summed E-state index contributed by atoms with van der Waals surface area (Å²) in [7, 11) is 1.59. The second-order valence-corrected chi connectivity index (χ2v) is 5.87. The Labute approximate surface area is 148 Å². The molecular formula is C19H17N3O4. The fourth-order valence-electron chi connectivity index (χ4n) is 2.85. The van der Waals surface area contributed by atoms with Crippen molar-refractivity contribution in [2.75, 3.05) is 24.3 Å². The van der Waals surface area contributed by atoms with E-state index in [-0.39, 0.29) is 12.5 Å². The molecule has 132 valence electrons. The SMILES string of the molecule is COc1cc2c(cc1NCC(=O)Nc1cc(C)on1)oc1ccccc12. The first-order valence-corrected chi connectivity index (χ1v) is 8.10. The summed E-state index contributed by atoms with van der Waals surface area (Å²) in [6.07, 6.45) is 0. The Morgan fingerprint density at radius 2 is 2.00 bits per heavy atom. The lowest BCUT2D eigenvalue weighted by atomic mass is 10.1. The predicted octanol–water partition coefficient (Wildman–Crippen LogP) is 3.94. The van der Waals surface area contributed by atoms with Crippen LogP contribution in [-0.4, -0.2) is 24.7 Å². The molecule has 2 heterocycles. The molecule has 7 heteroatoms. The second-order valence-electron chi connectivity index (χ2n) is 5.87. The first kappa shape index (κ1) is 16.0. The maximum Gasteiger partial charge on any atom is 0.244 e. The number of nitrogens with one attached hydrogen (secondary N) is 2. The van der Waals surface area contributed by atoms with Gasteiger partial charge in [0.05, 0.1) is 19.3 Å². The molecule has 26 heavy (non-hydrogen) atoms. The molecule has 0 unspecified atom stereocenters. The molecule has 2 aromatic carbocycles. The summed E-state index contributed by atoms with van der Waals surface area (Å²) in [5, 5.41) is 11.4. The molecule has 0 aliphatic carbocycles. The van der Waals surface area contributed by atoms with E-state index in [4.69, 9.17) is 13.7 Å². The zero-order valence-corrected chi connectivity index (χ0v) is 14.3. The van der Waals surface area contributed by atoms with Crippen LogP contribution in [0.4, 0.5) is 11.5 Å². The summed E-state index contributed by atoms with van der Waals surface area (Å²) in [5.41, 5.74) is 2.20. The molecule has 0 spiro atoms. The van der Waals surface area contributed by atoms with Crippen molar-refractivity contribution < 1.29 is 18.5 Å². The van der Waals surface area contributed by atoms with E-state index in [9.17, 15) is 4.79 Å². The molecule has 0 fully saturated rings. The Morgan fingerprint density at radius 1 is 1.15 bits per heavy atom. The van der Waals surface area contributed by atoms with E-state index in [1.165, 1.54) is 0 Å². The first-order chi connectivity index (χ1) is 12.6. The van der Waals surface area contributed by atoms with Crippen LogP contribution in [0.2, 0.25) is 0 Å². The molecule has 1 amide bonds. The third-order valence-electron chi connectivity index (χ3n) is 4.03. The molecule has 0 bridgehead atoms. The number of aromatic nitrogens is 1. The van der Waals surface area contributed by atoms with Gasteiger partial charge in [-0.1, -0.05) is 23.4 Å². The average molecular weight is 351 g/mol. The number of furan rings is 1. The van der Waals surface area contributed by atoms with Crippen LogP contribution in [0.25, 0.3) is 21.9 Å². The lowest BCUT2D eigenvalue weighted by molar-refractivity contribution is -0.114. The predicted molar refractivity (Wildman–Crippen MR) is 98.6 cm³/mol. The van der Waals surface area contributed by atoms with Crippen LogP contribution in [0.15, 0.2) is 51.4 Å². The highest BCUT2D eigenvalue weighted by Crippen LogP contribution is 2.36. The van der Waals surface area contributed by atoms with Crippen molar-refractivity contribution in [3.8, 4) is 5.75 Å². The molecule has 0 radical (unpaired) electrons. The molecule has 0 aliphatic rings. The van der Waals surface area contributed by atoms with Crippen molar-refractivity contribution in [3.05, 3.63) is 48.2 Å². The number of hydrogen-bond donors (Lipinski definition) is 2. The quantitative estimate of drug-likeness (QED) is 0.566. The second kappa shape index (κ2) is 6.44. The molecule has 0 atom stereocenters. The highest BCUT2D eigenvalue weighted by atomic mass is 16.5. The van der Waals surface area contributed by atoms with E-state index < -0.39 is 0 Å². The molecule has 4 aromatic rings. The highest BCUT2D eigenvalue weighted by Gasteiger charge is 2.13. The molecule has 4 rings (SSSR count). The maximum atomic E-state index is 12.1. The van der Waals surface area contributed by atoms with Gasteiger partial charge in [0.25, 0.3) is 0 Å². The fraction of sp³-hybridized carbons (Fsp3) is 0.158. The smallest absolute Gasteiger partial charge is 0.244 e. The van der Waals surface area contributed by atoms with Crippen molar-refractivity contribution in [3.63, 3.8) is 0 Å². The molecule has 0 saturated carbocycles. The van der Waals surface area contributed by atoms with E-state index in [1.54, 1.807) is 20.1 Å². The Morgan fingerprint density at radius 3 is 2.77 bits per heavy atom. The standard InChI is InChI=1S/C19H17N3O4/c1-11-7-18(22-26-11)21-19(23)10-20-14-9-16-13(8-17(14)24-2)12-5-3-4-6-15(12)25-16/h3-9,20H,10H2,1-2H3,(H,21,22,23). The normalized spacial score (nSPS) is 11.0. The Kier molecular flexibility index (Phi) is 3.96. The van der Waals surface area contributed by atoms with Gasteiger partial charge in [0, 0.05) is 22.9 Å². The summed E-state index contributed by atoms with van der Waals surface area (Å²) in [6, 6.07) is 13.2. The number of nitrogens with zero attached hydrogens (tertiary/aromatic N) is 1. The number of benzene rings is 2. The molecule has 2 aromatic heterocycles. The van der Waals surface area contributed by atoms with Crippen LogP contribution in [0.1, 0.15) is 5.76 Å². The third-order valence-corrected chi connectivity index (χ3v) is 4.03. The number of fused-ring (bicyclic) bond motifs is 3. The molecule has 7 nitrogen and oxygen atoms in total. The van der Waals surface area contributed by atoms with E-state index in [2.05, 4.69) is 15.8 Å². The van der Waals surface area contributed by atoms with Crippen LogP contribution in [-0.2, 0) is 4.79 Å². The van der Waals surface area contributed by atoms with Crippen molar-refractivity contribution in [2.24, 2.45) is 0 Å².